The lowest BCUT2D eigenvalue weighted by Gasteiger charge is -2.02. The first-order valence-corrected chi connectivity index (χ1v) is 6.70. The van der Waals surface area contributed by atoms with Gasteiger partial charge in [-0.15, -0.1) is 5.10 Å². The summed E-state index contributed by atoms with van der Waals surface area (Å²) in [5, 5.41) is 3.95. The van der Waals surface area contributed by atoms with E-state index in [4.69, 9.17) is 4.74 Å². The molecule has 0 amide bonds. The number of ether oxygens (including phenoxy) is 2. The maximum atomic E-state index is 12.0. The van der Waals surface area contributed by atoms with Crippen molar-refractivity contribution >= 4 is 34.5 Å². The van der Waals surface area contributed by atoms with Gasteiger partial charge in [-0.1, -0.05) is 12.1 Å². The number of hydrogen-bond acceptors (Lipinski definition) is 5. The third-order valence-corrected chi connectivity index (χ3v) is 3.48. The summed E-state index contributed by atoms with van der Waals surface area (Å²) in [7, 11) is 2.84. The Labute approximate surface area is 128 Å². The molecule has 0 saturated carbocycles. The molecule has 1 heterocycles. The van der Waals surface area contributed by atoms with Gasteiger partial charge in [-0.25, -0.2) is 9.59 Å². The van der Waals surface area contributed by atoms with Gasteiger partial charge in [0.25, 0.3) is 0 Å². The number of halogens is 1. The molecule has 2 aromatic rings. The fourth-order valence-electron chi connectivity index (χ4n) is 1.56. The number of esters is 2. The maximum absolute atomic E-state index is 12.0. The number of benzene rings is 1. The fourth-order valence-corrected chi connectivity index (χ4v) is 2.17. The number of aryl methyl sites for hydroxylation is 1. The number of hydrogen-bond donors (Lipinski definition) is 0. The van der Waals surface area contributed by atoms with Gasteiger partial charge in [0.15, 0.2) is 0 Å². The second kappa shape index (κ2) is 6.04. The molecule has 0 bridgehead atoms. The van der Waals surface area contributed by atoms with Crippen LogP contribution in [-0.4, -0.2) is 28.8 Å². The summed E-state index contributed by atoms with van der Waals surface area (Å²) < 4.78 is 11.8. The Kier molecular flexibility index (Phi) is 4.38. The van der Waals surface area contributed by atoms with Gasteiger partial charge in [0, 0.05) is 16.7 Å². The van der Waals surface area contributed by atoms with Crippen LogP contribution in [0.1, 0.15) is 20.8 Å². The van der Waals surface area contributed by atoms with E-state index in [-0.39, 0.29) is 11.6 Å². The minimum atomic E-state index is -0.545. The van der Waals surface area contributed by atoms with Crippen LogP contribution in [0.15, 0.2) is 30.3 Å². The zero-order chi connectivity index (χ0) is 14.7. The summed E-state index contributed by atoms with van der Waals surface area (Å²) in [5.74, 6) is -1.02. The molecule has 104 valence electrons. The molecular weight excluding hydrogens is 375 g/mol. The van der Waals surface area contributed by atoms with Crippen LogP contribution < -0.4 is 4.74 Å². The lowest BCUT2D eigenvalue weighted by atomic mass is 10.2. The lowest BCUT2D eigenvalue weighted by Crippen LogP contribution is -2.10. The van der Waals surface area contributed by atoms with Crippen LogP contribution in [0.25, 0.3) is 0 Å². The predicted molar refractivity (Wildman–Crippen MR) is 78.7 cm³/mol. The Bertz CT molecular complexity index is 666. The van der Waals surface area contributed by atoms with Crippen molar-refractivity contribution in [3.05, 3.63) is 45.2 Å². The minimum absolute atomic E-state index is 0.0533. The SMILES string of the molecule is COC(=O)c1cc(OC(=O)c2ccccc2I)nn1C. The number of aromatic nitrogens is 2. The van der Waals surface area contributed by atoms with Crippen LogP contribution >= 0.6 is 22.6 Å². The Balaban J connectivity index is 2.21. The van der Waals surface area contributed by atoms with Gasteiger partial charge < -0.3 is 9.47 Å². The summed E-state index contributed by atoms with van der Waals surface area (Å²) in [6.07, 6.45) is 0. The molecule has 0 aliphatic carbocycles. The van der Waals surface area contributed by atoms with Gasteiger partial charge in [0.2, 0.25) is 5.88 Å². The van der Waals surface area contributed by atoms with Crippen LogP contribution in [0.3, 0.4) is 0 Å². The largest absolute Gasteiger partial charge is 0.464 e. The summed E-state index contributed by atoms with van der Waals surface area (Å²) in [6.45, 7) is 0. The standard InChI is InChI=1S/C13H11IN2O4/c1-16-10(13(18)19-2)7-11(15-16)20-12(17)8-5-3-4-6-9(8)14/h3-7H,1-2H3. The van der Waals surface area contributed by atoms with Crippen molar-refractivity contribution in [2.75, 3.05) is 7.11 Å². The monoisotopic (exact) mass is 386 g/mol. The molecule has 0 atom stereocenters. The summed E-state index contributed by atoms with van der Waals surface area (Å²) in [4.78, 5) is 23.4. The highest BCUT2D eigenvalue weighted by Gasteiger charge is 2.18. The first-order valence-electron chi connectivity index (χ1n) is 5.62. The molecule has 2 rings (SSSR count). The molecule has 1 aromatic heterocycles. The zero-order valence-electron chi connectivity index (χ0n) is 10.8. The van der Waals surface area contributed by atoms with E-state index >= 15 is 0 Å². The van der Waals surface area contributed by atoms with Crippen molar-refractivity contribution in [3.8, 4) is 5.88 Å². The molecule has 0 N–H and O–H groups in total. The summed E-state index contributed by atoms with van der Waals surface area (Å²) >= 11 is 2.05. The quantitative estimate of drug-likeness (QED) is 0.597. The van der Waals surface area contributed by atoms with E-state index in [9.17, 15) is 9.59 Å². The van der Waals surface area contributed by atoms with E-state index in [0.717, 1.165) is 3.57 Å². The molecular formula is C13H11IN2O4. The number of methoxy groups -OCH3 is 1. The van der Waals surface area contributed by atoms with Crippen molar-refractivity contribution in [1.29, 1.82) is 0 Å². The van der Waals surface area contributed by atoms with E-state index in [0.29, 0.717) is 5.56 Å². The van der Waals surface area contributed by atoms with Crippen molar-refractivity contribution in [3.63, 3.8) is 0 Å². The Hall–Kier alpha value is -1.90. The van der Waals surface area contributed by atoms with Gasteiger partial charge in [-0.3, -0.25) is 4.68 Å². The zero-order valence-corrected chi connectivity index (χ0v) is 12.9. The van der Waals surface area contributed by atoms with Crippen molar-refractivity contribution in [1.82, 2.24) is 9.78 Å². The topological polar surface area (TPSA) is 70.4 Å². The molecule has 0 aliphatic heterocycles. The maximum Gasteiger partial charge on any atom is 0.356 e. The highest BCUT2D eigenvalue weighted by molar-refractivity contribution is 14.1. The molecule has 0 saturated heterocycles. The van der Waals surface area contributed by atoms with Gasteiger partial charge in [0.1, 0.15) is 5.69 Å². The first-order chi connectivity index (χ1) is 9.52. The van der Waals surface area contributed by atoms with E-state index in [1.165, 1.54) is 17.9 Å². The molecule has 7 heteroatoms. The second-order valence-electron chi connectivity index (χ2n) is 3.85. The van der Waals surface area contributed by atoms with Gasteiger partial charge in [-0.2, -0.15) is 0 Å². The minimum Gasteiger partial charge on any atom is -0.464 e. The molecule has 0 fully saturated rings. The van der Waals surface area contributed by atoms with Gasteiger partial charge in [0.05, 0.1) is 12.7 Å². The van der Waals surface area contributed by atoms with E-state index in [1.54, 1.807) is 25.2 Å². The molecule has 6 nitrogen and oxygen atoms in total. The van der Waals surface area contributed by atoms with Crippen LogP contribution in [0.2, 0.25) is 0 Å². The number of rotatable bonds is 3. The average Bonchev–Trinajstić information content (AvgIpc) is 2.79. The third kappa shape index (κ3) is 2.98. The normalized spacial score (nSPS) is 10.2. The molecule has 0 spiro atoms. The van der Waals surface area contributed by atoms with Crippen molar-refractivity contribution in [2.24, 2.45) is 7.05 Å². The average molecular weight is 386 g/mol. The molecule has 0 unspecified atom stereocenters. The summed E-state index contributed by atoms with van der Waals surface area (Å²) in [6, 6.07) is 8.40. The molecule has 0 radical (unpaired) electrons. The van der Waals surface area contributed by atoms with E-state index in [2.05, 4.69) is 9.84 Å². The second-order valence-corrected chi connectivity index (χ2v) is 5.01. The molecule has 1 aromatic carbocycles. The van der Waals surface area contributed by atoms with Crippen molar-refractivity contribution < 1.29 is 19.1 Å². The smallest absolute Gasteiger partial charge is 0.356 e. The third-order valence-electron chi connectivity index (χ3n) is 2.54. The molecule has 0 aliphatic rings. The van der Waals surface area contributed by atoms with Crippen LogP contribution in [0.4, 0.5) is 0 Å². The van der Waals surface area contributed by atoms with Crippen LogP contribution in [0.5, 0.6) is 5.88 Å². The Morgan fingerprint density at radius 3 is 2.60 bits per heavy atom. The highest BCUT2D eigenvalue weighted by atomic mass is 127. The summed E-state index contributed by atoms with van der Waals surface area (Å²) in [5.41, 5.74) is 0.649. The number of carbonyl (C=O) groups is 2. The molecule has 20 heavy (non-hydrogen) atoms. The highest BCUT2D eigenvalue weighted by Crippen LogP contribution is 2.17. The predicted octanol–water partition coefficient (Wildman–Crippen LogP) is 2.03. The number of nitrogens with zero attached hydrogens (tertiary/aromatic N) is 2. The van der Waals surface area contributed by atoms with E-state index < -0.39 is 11.9 Å². The number of carbonyl (C=O) groups excluding carboxylic acids is 2. The Morgan fingerprint density at radius 1 is 1.25 bits per heavy atom. The van der Waals surface area contributed by atoms with Crippen molar-refractivity contribution in [2.45, 2.75) is 0 Å². The van der Waals surface area contributed by atoms with Crippen LogP contribution in [0, 0.1) is 3.57 Å². The van der Waals surface area contributed by atoms with Gasteiger partial charge >= 0.3 is 11.9 Å². The van der Waals surface area contributed by atoms with E-state index in [1.807, 2.05) is 28.7 Å². The van der Waals surface area contributed by atoms with Gasteiger partial charge in [-0.05, 0) is 34.7 Å². The Morgan fingerprint density at radius 2 is 1.95 bits per heavy atom. The fraction of sp³-hybridized carbons (Fsp3) is 0.154. The first kappa shape index (κ1) is 14.5. The lowest BCUT2D eigenvalue weighted by molar-refractivity contribution is 0.0587. The van der Waals surface area contributed by atoms with Crippen LogP contribution in [-0.2, 0) is 11.8 Å².